The SMILES string of the molecule is CCN1C(C)=C(c2ccccc2)C(OS(=O)(=O)c2ccc(SC(F)(F)F)cc2)N1c1cccc2ccccc12. The maximum Gasteiger partial charge on any atom is 0.446 e. The summed E-state index contributed by atoms with van der Waals surface area (Å²) < 4.78 is 71.5. The van der Waals surface area contributed by atoms with E-state index in [1.54, 1.807) is 0 Å². The predicted octanol–water partition coefficient (Wildman–Crippen LogP) is 7.67. The van der Waals surface area contributed by atoms with Crippen LogP contribution in [0.5, 0.6) is 0 Å². The van der Waals surface area contributed by atoms with Crippen molar-refractivity contribution in [1.29, 1.82) is 0 Å². The third kappa shape index (κ3) is 5.50. The lowest BCUT2D eigenvalue weighted by atomic mass is 10.0. The lowest BCUT2D eigenvalue weighted by molar-refractivity contribution is -0.0328. The van der Waals surface area contributed by atoms with Crippen LogP contribution in [-0.2, 0) is 14.3 Å². The molecule has 4 aromatic rings. The Morgan fingerprint density at radius 1 is 0.872 bits per heavy atom. The number of hydrogen-bond acceptors (Lipinski definition) is 6. The Balaban J connectivity index is 1.61. The molecule has 202 valence electrons. The van der Waals surface area contributed by atoms with Crippen LogP contribution in [0.3, 0.4) is 0 Å². The van der Waals surface area contributed by atoms with Gasteiger partial charge in [0.1, 0.15) is 0 Å². The molecule has 0 spiro atoms. The molecule has 0 bridgehead atoms. The van der Waals surface area contributed by atoms with Crippen LogP contribution < -0.4 is 5.01 Å². The average Bonchev–Trinajstić information content (AvgIpc) is 3.18. The van der Waals surface area contributed by atoms with E-state index in [0.717, 1.165) is 52.0 Å². The molecule has 5 nitrogen and oxygen atoms in total. The smallest absolute Gasteiger partial charge is 0.287 e. The quantitative estimate of drug-likeness (QED) is 0.168. The van der Waals surface area contributed by atoms with Gasteiger partial charge < -0.3 is 0 Å². The lowest BCUT2D eigenvalue weighted by Crippen LogP contribution is -2.44. The molecule has 0 saturated carbocycles. The van der Waals surface area contributed by atoms with Crippen molar-refractivity contribution in [2.75, 3.05) is 11.6 Å². The zero-order chi connectivity index (χ0) is 27.8. The molecule has 1 aliphatic heterocycles. The van der Waals surface area contributed by atoms with Crippen molar-refractivity contribution in [1.82, 2.24) is 5.01 Å². The Bertz CT molecular complexity index is 1620. The molecule has 0 aliphatic carbocycles. The number of benzene rings is 4. The molecular weight excluding hydrogens is 545 g/mol. The summed E-state index contributed by atoms with van der Waals surface area (Å²) in [6.45, 7) is 4.43. The van der Waals surface area contributed by atoms with E-state index in [9.17, 15) is 21.6 Å². The fraction of sp³-hybridized carbons (Fsp3) is 0.172. The number of rotatable bonds is 7. The van der Waals surface area contributed by atoms with Gasteiger partial charge in [0.25, 0.3) is 10.1 Å². The van der Waals surface area contributed by atoms with Crippen molar-refractivity contribution in [2.24, 2.45) is 0 Å². The van der Waals surface area contributed by atoms with Gasteiger partial charge in [0, 0.05) is 28.1 Å². The van der Waals surface area contributed by atoms with E-state index in [1.807, 2.05) is 96.7 Å². The highest BCUT2D eigenvalue weighted by molar-refractivity contribution is 8.00. The van der Waals surface area contributed by atoms with Gasteiger partial charge in [-0.05, 0) is 66.9 Å². The van der Waals surface area contributed by atoms with Gasteiger partial charge in [-0.15, -0.1) is 0 Å². The highest BCUT2D eigenvalue weighted by Crippen LogP contribution is 2.43. The summed E-state index contributed by atoms with van der Waals surface area (Å²) in [5, 5.41) is 5.72. The maximum absolute atomic E-state index is 13.6. The van der Waals surface area contributed by atoms with Crippen molar-refractivity contribution in [3.05, 3.63) is 108 Å². The molecule has 4 aromatic carbocycles. The van der Waals surface area contributed by atoms with Crippen LogP contribution in [0.25, 0.3) is 16.3 Å². The number of thioether (sulfide) groups is 1. The Morgan fingerprint density at radius 3 is 2.18 bits per heavy atom. The molecule has 0 saturated heterocycles. The normalized spacial score (nSPS) is 16.4. The van der Waals surface area contributed by atoms with E-state index < -0.39 is 21.9 Å². The van der Waals surface area contributed by atoms with Crippen molar-refractivity contribution in [2.45, 2.75) is 35.4 Å². The van der Waals surface area contributed by atoms with Crippen molar-refractivity contribution >= 4 is 43.9 Å². The van der Waals surface area contributed by atoms with Gasteiger partial charge in [-0.1, -0.05) is 66.7 Å². The van der Waals surface area contributed by atoms with Crippen LogP contribution >= 0.6 is 11.8 Å². The monoisotopic (exact) mass is 570 g/mol. The first-order valence-electron chi connectivity index (χ1n) is 12.2. The predicted molar refractivity (Wildman–Crippen MR) is 148 cm³/mol. The molecule has 39 heavy (non-hydrogen) atoms. The standard InChI is InChI=1S/C29H25F3N2O3S2/c1-3-33-20(2)27(22-11-5-4-6-12-22)28(34(33)26-15-9-13-21-10-7-8-14-25(21)26)37-39(35,36)24-18-16-23(17-19-24)38-29(30,31)32/h4-19,28H,3H2,1-2H3. The third-order valence-electron chi connectivity index (χ3n) is 6.47. The fourth-order valence-electron chi connectivity index (χ4n) is 4.82. The van der Waals surface area contributed by atoms with Gasteiger partial charge in [0.05, 0.1) is 10.6 Å². The molecule has 1 atom stereocenters. The molecule has 1 heterocycles. The molecule has 0 fully saturated rings. The molecule has 1 unspecified atom stereocenters. The van der Waals surface area contributed by atoms with Gasteiger partial charge in [-0.25, -0.2) is 4.18 Å². The van der Waals surface area contributed by atoms with Crippen LogP contribution in [0.2, 0.25) is 0 Å². The zero-order valence-corrected chi connectivity index (χ0v) is 22.7. The first kappa shape index (κ1) is 27.1. The second-order valence-corrected chi connectivity index (χ2v) is 11.6. The number of hydrazine groups is 1. The van der Waals surface area contributed by atoms with E-state index in [2.05, 4.69) is 0 Å². The Hall–Kier alpha value is -3.47. The summed E-state index contributed by atoms with van der Waals surface area (Å²) in [5.41, 5.74) is -1.41. The molecular formula is C29H25F3N2O3S2. The Kier molecular flexibility index (Phi) is 7.37. The fourth-order valence-corrected chi connectivity index (χ4v) is 6.36. The second kappa shape index (κ2) is 10.6. The minimum atomic E-state index is -4.48. The van der Waals surface area contributed by atoms with E-state index in [-0.39, 0.29) is 21.6 Å². The number of nitrogens with zero attached hydrogens (tertiary/aromatic N) is 2. The number of fused-ring (bicyclic) bond motifs is 1. The first-order chi connectivity index (χ1) is 18.6. The molecule has 10 heteroatoms. The van der Waals surface area contributed by atoms with Gasteiger partial charge >= 0.3 is 5.51 Å². The number of allylic oxidation sites excluding steroid dienone is 1. The highest BCUT2D eigenvalue weighted by Gasteiger charge is 2.42. The van der Waals surface area contributed by atoms with Gasteiger partial charge in [-0.3, -0.25) is 10.0 Å². The van der Waals surface area contributed by atoms with Crippen LogP contribution in [0.15, 0.2) is 113 Å². The highest BCUT2D eigenvalue weighted by atomic mass is 32.2. The molecule has 0 radical (unpaired) electrons. The maximum atomic E-state index is 13.6. The molecule has 0 aromatic heterocycles. The Labute approximate surface area is 229 Å². The van der Waals surface area contributed by atoms with Gasteiger partial charge in [-0.2, -0.15) is 21.6 Å². The van der Waals surface area contributed by atoms with E-state index in [4.69, 9.17) is 4.18 Å². The second-order valence-electron chi connectivity index (χ2n) is 8.85. The summed E-state index contributed by atoms with van der Waals surface area (Å²) in [6, 6.07) is 27.5. The summed E-state index contributed by atoms with van der Waals surface area (Å²) >= 11 is -0.305. The van der Waals surface area contributed by atoms with Crippen LogP contribution in [0.4, 0.5) is 18.9 Å². The van der Waals surface area contributed by atoms with Gasteiger partial charge in [0.2, 0.25) is 0 Å². The summed E-state index contributed by atoms with van der Waals surface area (Å²) in [6.07, 6.45) is -1.06. The molecule has 0 N–H and O–H groups in total. The molecule has 1 aliphatic rings. The van der Waals surface area contributed by atoms with Crippen LogP contribution in [0.1, 0.15) is 19.4 Å². The number of anilines is 1. The lowest BCUT2D eigenvalue weighted by Gasteiger charge is -2.36. The zero-order valence-electron chi connectivity index (χ0n) is 21.1. The van der Waals surface area contributed by atoms with Crippen molar-refractivity contribution in [3.8, 4) is 0 Å². The van der Waals surface area contributed by atoms with E-state index >= 15 is 0 Å². The summed E-state index contributed by atoms with van der Waals surface area (Å²) in [7, 11) is -4.39. The van der Waals surface area contributed by atoms with E-state index in [1.165, 1.54) is 0 Å². The first-order valence-corrected chi connectivity index (χ1v) is 14.4. The molecule has 5 rings (SSSR count). The minimum absolute atomic E-state index is 0.113. The minimum Gasteiger partial charge on any atom is -0.287 e. The van der Waals surface area contributed by atoms with Crippen LogP contribution in [-0.4, -0.2) is 31.7 Å². The van der Waals surface area contributed by atoms with Crippen molar-refractivity contribution < 1.29 is 25.8 Å². The Morgan fingerprint density at radius 2 is 1.51 bits per heavy atom. The number of alkyl halides is 3. The number of hydrogen-bond donors (Lipinski definition) is 0. The average molecular weight is 571 g/mol. The van der Waals surface area contributed by atoms with Crippen LogP contribution in [0, 0.1) is 0 Å². The van der Waals surface area contributed by atoms with Gasteiger partial charge in [0.15, 0.2) is 6.23 Å². The third-order valence-corrected chi connectivity index (χ3v) is 8.49. The summed E-state index contributed by atoms with van der Waals surface area (Å²) in [5.74, 6) is 0. The largest absolute Gasteiger partial charge is 0.446 e. The topological polar surface area (TPSA) is 49.9 Å². The van der Waals surface area contributed by atoms with E-state index in [0.29, 0.717) is 12.1 Å². The summed E-state index contributed by atoms with van der Waals surface area (Å²) in [4.78, 5) is -0.343. The van der Waals surface area contributed by atoms with Crippen molar-refractivity contribution in [3.63, 3.8) is 0 Å². The number of halogens is 3. The molecule has 0 amide bonds.